The molecule has 4 fully saturated rings. The van der Waals surface area contributed by atoms with Crippen molar-refractivity contribution < 1.29 is 65.9 Å². The topological polar surface area (TPSA) is 415 Å². The molecule has 5 aromatic rings. The molecule has 0 bridgehead atoms. The van der Waals surface area contributed by atoms with Crippen molar-refractivity contribution in [2.45, 2.75) is 99.4 Å². The van der Waals surface area contributed by atoms with Crippen LogP contribution in [0, 0.1) is 6.92 Å². The lowest BCUT2D eigenvalue weighted by atomic mass is 9.97. The van der Waals surface area contributed by atoms with Crippen LogP contribution in [0.5, 0.6) is 0 Å². The van der Waals surface area contributed by atoms with Crippen LogP contribution in [0.15, 0.2) is 38.0 Å². The third-order valence-electron chi connectivity index (χ3n) is 12.4. The van der Waals surface area contributed by atoms with Crippen molar-refractivity contribution >= 4 is 90.3 Å². The molecular weight excluding hydrogens is 1050 g/mol. The molecule has 1 aliphatic carbocycles. The van der Waals surface area contributed by atoms with E-state index in [-0.39, 0.29) is 65.5 Å². The van der Waals surface area contributed by atoms with Crippen LogP contribution in [0.2, 0.25) is 0 Å². The Balaban J connectivity index is 0.961. The lowest BCUT2D eigenvalue weighted by molar-refractivity contribution is -0.110. The molecule has 0 amide bonds. The van der Waals surface area contributed by atoms with Crippen molar-refractivity contribution in [1.29, 1.82) is 0 Å². The zero-order valence-electron chi connectivity index (χ0n) is 36.6. The molecule has 8 heterocycles. The van der Waals surface area contributed by atoms with Gasteiger partial charge < -0.3 is 63.8 Å². The molecule has 36 heteroatoms. The first-order chi connectivity index (χ1) is 32.8. The second kappa shape index (κ2) is 18.4. The Morgan fingerprint density at radius 1 is 0.914 bits per heavy atom. The Hall–Kier alpha value is -3.66. The number of thiol groups is 1. The summed E-state index contributed by atoms with van der Waals surface area (Å²) in [6.07, 6.45) is -5.04. The number of nitrogen functional groups attached to an aromatic ring is 2. The number of imidazole rings is 2. The maximum absolute atomic E-state index is 14.5. The van der Waals surface area contributed by atoms with Crippen LogP contribution < -0.4 is 33.8 Å². The van der Waals surface area contributed by atoms with Crippen molar-refractivity contribution in [3.63, 3.8) is 0 Å². The number of nitrogens with one attached hydrogen (secondary N) is 3. The van der Waals surface area contributed by atoms with E-state index in [4.69, 9.17) is 64.8 Å². The number of aryl methyl sites for hydroxylation is 1. The van der Waals surface area contributed by atoms with Gasteiger partial charge in [0.25, 0.3) is 16.7 Å². The smallest absolute Gasteiger partial charge is 0.386 e. The Morgan fingerprint density at radius 3 is 2.19 bits per heavy atom. The highest BCUT2D eigenvalue weighted by Crippen LogP contribution is 2.73. The number of H-pyrrole nitrogens is 3. The van der Waals surface area contributed by atoms with Crippen molar-refractivity contribution in [1.82, 2.24) is 48.6 Å². The molecule has 11 N–H and O–H groups in total. The molecule has 2 unspecified atom stereocenters. The second-order valence-corrected chi connectivity index (χ2v) is 25.2. The molecule has 5 aromatic heterocycles. The van der Waals surface area contributed by atoms with Crippen LogP contribution in [-0.2, 0) is 69.7 Å². The van der Waals surface area contributed by atoms with Gasteiger partial charge >= 0.3 is 25.9 Å². The van der Waals surface area contributed by atoms with E-state index in [1.54, 1.807) is 6.92 Å². The maximum Gasteiger partial charge on any atom is 0.386 e. The number of anilines is 2. The molecule has 1 saturated carbocycles. The van der Waals surface area contributed by atoms with Gasteiger partial charge in [0.05, 0.1) is 44.2 Å². The van der Waals surface area contributed by atoms with Crippen LogP contribution in [0.3, 0.4) is 0 Å². The van der Waals surface area contributed by atoms with Gasteiger partial charge in [0, 0.05) is 38.1 Å². The summed E-state index contributed by atoms with van der Waals surface area (Å²) in [7, 11) is 1.28. The van der Waals surface area contributed by atoms with Gasteiger partial charge in [0.2, 0.25) is 11.9 Å². The van der Waals surface area contributed by atoms with E-state index < -0.39 is 122 Å². The van der Waals surface area contributed by atoms with Gasteiger partial charge in [-0.15, -0.1) is 0 Å². The van der Waals surface area contributed by atoms with E-state index in [9.17, 15) is 43.5 Å². The molecule has 382 valence electrons. The van der Waals surface area contributed by atoms with E-state index in [2.05, 4.69) is 58.9 Å². The number of ether oxygens (including phenoxy) is 4. The lowest BCUT2D eigenvalue weighted by Crippen LogP contribution is -2.38. The van der Waals surface area contributed by atoms with Crippen LogP contribution in [0.25, 0.3) is 22.3 Å². The first-order valence-corrected chi connectivity index (χ1v) is 28.7. The van der Waals surface area contributed by atoms with Crippen molar-refractivity contribution in [2.24, 2.45) is 0 Å². The van der Waals surface area contributed by atoms with Gasteiger partial charge in [-0.1, -0.05) is 19.2 Å². The van der Waals surface area contributed by atoms with Crippen molar-refractivity contribution in [2.75, 3.05) is 38.4 Å². The zero-order chi connectivity index (χ0) is 50.5. The number of hydrogen-bond donors (Lipinski definition) is 10. The second-order valence-electron chi connectivity index (χ2n) is 16.9. The predicted molar refractivity (Wildman–Crippen MR) is 250 cm³/mol. The third kappa shape index (κ3) is 9.56. The molecule has 3 saturated heterocycles. The molecule has 0 radical (unpaired) electrons. The average molecular weight is 1100 g/mol. The normalized spacial score (nSPS) is 31.6. The summed E-state index contributed by atoms with van der Waals surface area (Å²) in [6, 6.07) is 0. The summed E-state index contributed by atoms with van der Waals surface area (Å²) >= 11 is 14.5. The van der Waals surface area contributed by atoms with Gasteiger partial charge in [-0.25, -0.2) is 19.3 Å². The minimum atomic E-state index is -4.64. The minimum Gasteiger partial charge on any atom is -0.388 e. The quantitative estimate of drug-likeness (QED) is 0.0384. The highest BCUT2D eigenvalue weighted by atomic mass is 32.7. The fourth-order valence-corrected chi connectivity index (χ4v) is 12.8. The van der Waals surface area contributed by atoms with Gasteiger partial charge in [-0.2, -0.15) is 9.97 Å². The van der Waals surface area contributed by atoms with Gasteiger partial charge in [-0.3, -0.25) is 52.1 Å². The number of methoxy groups -OCH3 is 1. The zero-order valence-corrected chi connectivity index (χ0v) is 41.8. The van der Waals surface area contributed by atoms with E-state index in [0.717, 1.165) is 4.57 Å². The molecule has 0 spiro atoms. The fraction of sp³-hybridized carbons (Fsp3) is 0.588. The van der Waals surface area contributed by atoms with E-state index >= 15 is 0 Å². The molecule has 70 heavy (non-hydrogen) atoms. The summed E-state index contributed by atoms with van der Waals surface area (Å²) in [4.78, 5) is 105. The van der Waals surface area contributed by atoms with Crippen molar-refractivity contribution in [3.05, 3.63) is 66.0 Å². The minimum absolute atomic E-state index is 0.0138. The molecule has 3 aliphatic heterocycles. The number of nitrogens with two attached hydrogens (primary N) is 2. The Kier molecular flexibility index (Phi) is 13.5. The van der Waals surface area contributed by atoms with E-state index in [1.165, 1.54) is 42.0 Å². The lowest BCUT2D eigenvalue weighted by Gasteiger charge is -2.31. The summed E-state index contributed by atoms with van der Waals surface area (Å²) in [5.74, 6) is -0.475. The van der Waals surface area contributed by atoms with Gasteiger partial charge in [0.1, 0.15) is 35.7 Å². The fourth-order valence-electron chi connectivity index (χ4n) is 9.00. The summed E-state index contributed by atoms with van der Waals surface area (Å²) in [5, 5.41) is 11.0. The van der Waals surface area contributed by atoms with Crippen LogP contribution in [0.1, 0.15) is 56.9 Å². The van der Waals surface area contributed by atoms with Gasteiger partial charge in [0.15, 0.2) is 34.8 Å². The molecule has 12 atom stereocenters. The van der Waals surface area contributed by atoms with Crippen LogP contribution in [0.4, 0.5) is 11.9 Å². The molecule has 9 rings (SSSR count). The number of aliphatic hydroxyl groups excluding tert-OH is 1. The standard InChI is InChI=1S/C34H45N12O18P3S3/c1-4-32(6-15(47)27(61-32)44-7-14(2)24(48)43-31(44)51)10-59-66(54,69)63-16-5-18(45-12-37-19-22(45)39-29(35)41-25(19)49)60-17(16)8-57-67(55,70)64-34-9-33(34,11-58-65(52,53)68)62-28(21(34)56-3)46-13-38-20-23(46)40-30(36)42-26(20)50/h7,12-13,15-18,21,27-28,47H,4-6,8-11H2,1-3H3,(H,54,69)(H,55,70)(H,43,48,51)(H2,52,53,68)(H3,35,39,41,49)(H3,36,40,42,50)/t15-,16+,17-,18-,21+,27-,28-,32+,33-,34+,66?,67?/m1/s1. The first-order valence-electron chi connectivity index (χ1n) is 20.8. The number of aromatic amines is 3. The number of hydrogen-bond acceptors (Lipinski definition) is 23. The molecular formula is C34H45N12O18P3S3. The summed E-state index contributed by atoms with van der Waals surface area (Å²) < 4.78 is 72.1. The number of aliphatic hydroxyl groups is 1. The average Bonchev–Trinajstić information content (AvgIpc) is 3.89. The molecule has 0 aromatic carbocycles. The number of fused-ring (bicyclic) bond motifs is 3. The Morgan fingerprint density at radius 2 is 1.56 bits per heavy atom. The highest BCUT2D eigenvalue weighted by molar-refractivity contribution is 8.44. The van der Waals surface area contributed by atoms with Crippen LogP contribution >= 0.6 is 32.5 Å². The van der Waals surface area contributed by atoms with Crippen LogP contribution in [-0.4, -0.2) is 137 Å². The highest BCUT2D eigenvalue weighted by Gasteiger charge is 2.83. The summed E-state index contributed by atoms with van der Waals surface area (Å²) in [6.45, 7) is -11.8. The first kappa shape index (κ1) is 51.2. The van der Waals surface area contributed by atoms with Crippen molar-refractivity contribution in [3.8, 4) is 0 Å². The predicted octanol–water partition coefficient (Wildman–Crippen LogP) is -0.668. The molecule has 4 aliphatic rings. The van der Waals surface area contributed by atoms with E-state index in [0.29, 0.717) is 0 Å². The Labute approximate surface area is 407 Å². The van der Waals surface area contributed by atoms with E-state index in [1.807, 2.05) is 0 Å². The third-order valence-corrected chi connectivity index (χ3v) is 16.4. The van der Waals surface area contributed by atoms with Gasteiger partial charge in [-0.05, 0) is 37.0 Å². The monoisotopic (exact) mass is 1100 g/mol. The largest absolute Gasteiger partial charge is 0.388 e. The SMILES string of the molecule is CC[C@@]1(COP(O)(=S)O[C@H]2C[C@H](n3cnc4c(=O)[nH]c(N)nc43)O[C@@H]2COP(=O)(S)O[C@]23C[C@]2(COP(O)(O)=S)O[C@@H](n2cnc4c(=O)[nH]c(N)nc42)[C@@H]3OC)C[C@@H](O)[C@H](n2cc(C)c(=O)[nH]c2=O)O1. The summed E-state index contributed by atoms with van der Waals surface area (Å²) in [5.41, 5.74) is 4.16. The number of nitrogens with zero attached hydrogens (tertiary/aromatic N) is 7. The maximum atomic E-state index is 14.5. The number of rotatable bonds is 18. The number of aromatic nitrogens is 10. The molecule has 30 nitrogen and oxygen atoms in total. The Bertz CT molecular complexity index is 3280.